The van der Waals surface area contributed by atoms with Gasteiger partial charge in [-0.15, -0.1) is 0 Å². The summed E-state index contributed by atoms with van der Waals surface area (Å²) in [5, 5.41) is 8.13. The van der Waals surface area contributed by atoms with Crippen molar-refractivity contribution in [3.05, 3.63) is 51.3 Å². The summed E-state index contributed by atoms with van der Waals surface area (Å²) in [5.74, 6) is 0. The topological polar surface area (TPSA) is 29.9 Å². The van der Waals surface area contributed by atoms with E-state index in [-0.39, 0.29) is 0 Å². The van der Waals surface area contributed by atoms with Gasteiger partial charge in [0.15, 0.2) is 0 Å². The molecule has 0 aliphatic heterocycles. The quantitative estimate of drug-likeness (QED) is 0.813. The van der Waals surface area contributed by atoms with Gasteiger partial charge in [0.05, 0.1) is 12.2 Å². The molecule has 108 valence electrons. The fourth-order valence-electron chi connectivity index (χ4n) is 2.30. The molecule has 0 spiro atoms. The highest BCUT2D eigenvalue weighted by Crippen LogP contribution is 2.16. The van der Waals surface area contributed by atoms with Crippen molar-refractivity contribution in [1.82, 2.24) is 15.1 Å². The second-order valence-electron chi connectivity index (χ2n) is 5.11. The molecule has 0 saturated carbocycles. The Bertz CT molecular complexity index is 558. The molecular formula is C16H22BrN3. The molecule has 3 nitrogen and oxygen atoms in total. The van der Waals surface area contributed by atoms with Gasteiger partial charge in [0.1, 0.15) is 0 Å². The van der Waals surface area contributed by atoms with Gasteiger partial charge in [-0.2, -0.15) is 5.10 Å². The smallest absolute Gasteiger partial charge is 0.0662 e. The third-order valence-electron chi connectivity index (χ3n) is 3.51. The monoisotopic (exact) mass is 335 g/mol. The number of halogens is 1. The first-order valence-corrected chi connectivity index (χ1v) is 7.89. The first kappa shape index (κ1) is 15.3. The van der Waals surface area contributed by atoms with E-state index < -0.39 is 0 Å². The highest BCUT2D eigenvalue weighted by atomic mass is 79.9. The summed E-state index contributed by atoms with van der Waals surface area (Å²) in [6.45, 7) is 9.22. The summed E-state index contributed by atoms with van der Waals surface area (Å²) in [5.41, 5.74) is 4.99. The van der Waals surface area contributed by atoms with Gasteiger partial charge in [-0.1, -0.05) is 35.0 Å². The van der Waals surface area contributed by atoms with Crippen LogP contribution < -0.4 is 5.32 Å². The normalized spacial score (nSPS) is 11.0. The summed E-state index contributed by atoms with van der Waals surface area (Å²) in [4.78, 5) is 0. The van der Waals surface area contributed by atoms with Crippen LogP contribution in [0, 0.1) is 13.8 Å². The Morgan fingerprint density at radius 1 is 1.20 bits per heavy atom. The first-order valence-electron chi connectivity index (χ1n) is 7.10. The van der Waals surface area contributed by atoms with Crippen molar-refractivity contribution in [2.75, 3.05) is 6.54 Å². The number of aromatic nitrogens is 2. The van der Waals surface area contributed by atoms with Crippen molar-refractivity contribution in [3.63, 3.8) is 0 Å². The van der Waals surface area contributed by atoms with E-state index in [0.717, 1.165) is 36.2 Å². The van der Waals surface area contributed by atoms with Crippen molar-refractivity contribution < 1.29 is 0 Å². The number of rotatable bonds is 6. The maximum absolute atomic E-state index is 4.67. The summed E-state index contributed by atoms with van der Waals surface area (Å²) < 4.78 is 3.21. The minimum absolute atomic E-state index is 0.827. The standard InChI is InChI=1S/C16H22BrN3/c1-4-9-18-10-16-12(2)19-20(13(16)3)11-14-5-7-15(17)8-6-14/h5-8,18H,4,9-11H2,1-3H3. The fourth-order valence-corrected chi connectivity index (χ4v) is 2.56. The summed E-state index contributed by atoms with van der Waals surface area (Å²) >= 11 is 3.47. The lowest BCUT2D eigenvalue weighted by Gasteiger charge is -2.07. The van der Waals surface area contributed by atoms with E-state index in [2.05, 4.69) is 76.1 Å². The molecule has 0 radical (unpaired) electrons. The number of nitrogens with one attached hydrogen (secondary N) is 1. The van der Waals surface area contributed by atoms with Crippen LogP contribution in [-0.4, -0.2) is 16.3 Å². The Morgan fingerprint density at radius 2 is 1.90 bits per heavy atom. The van der Waals surface area contributed by atoms with Crippen LogP contribution in [0.4, 0.5) is 0 Å². The molecule has 1 N–H and O–H groups in total. The fraction of sp³-hybridized carbons (Fsp3) is 0.438. The van der Waals surface area contributed by atoms with Gasteiger partial charge < -0.3 is 5.32 Å². The largest absolute Gasteiger partial charge is 0.313 e. The second kappa shape index (κ2) is 7.04. The van der Waals surface area contributed by atoms with E-state index in [1.165, 1.54) is 16.8 Å². The Kier molecular flexibility index (Phi) is 5.38. The van der Waals surface area contributed by atoms with E-state index in [1.54, 1.807) is 0 Å². The molecule has 1 heterocycles. The van der Waals surface area contributed by atoms with E-state index in [9.17, 15) is 0 Å². The molecule has 0 aliphatic carbocycles. The molecule has 0 amide bonds. The van der Waals surface area contributed by atoms with Crippen LogP contribution in [0.3, 0.4) is 0 Å². The molecule has 1 aromatic carbocycles. The molecule has 2 aromatic rings. The molecule has 20 heavy (non-hydrogen) atoms. The zero-order valence-electron chi connectivity index (χ0n) is 12.4. The first-order chi connectivity index (χ1) is 9.61. The molecule has 0 atom stereocenters. The number of hydrogen-bond donors (Lipinski definition) is 1. The summed E-state index contributed by atoms with van der Waals surface area (Å²) in [7, 11) is 0. The van der Waals surface area contributed by atoms with Crippen molar-refractivity contribution in [3.8, 4) is 0 Å². The van der Waals surface area contributed by atoms with Gasteiger partial charge in [0.2, 0.25) is 0 Å². The van der Waals surface area contributed by atoms with Gasteiger partial charge in [0.25, 0.3) is 0 Å². The zero-order chi connectivity index (χ0) is 14.5. The number of hydrogen-bond acceptors (Lipinski definition) is 2. The van der Waals surface area contributed by atoms with Crippen molar-refractivity contribution >= 4 is 15.9 Å². The minimum atomic E-state index is 0.827. The molecular weight excluding hydrogens is 314 g/mol. The zero-order valence-corrected chi connectivity index (χ0v) is 14.0. The summed E-state index contributed by atoms with van der Waals surface area (Å²) in [6.07, 6.45) is 1.16. The van der Waals surface area contributed by atoms with Crippen LogP contribution >= 0.6 is 15.9 Å². The maximum atomic E-state index is 4.67. The number of aryl methyl sites for hydroxylation is 1. The van der Waals surface area contributed by atoms with Crippen LogP contribution in [0.5, 0.6) is 0 Å². The third kappa shape index (κ3) is 3.70. The van der Waals surface area contributed by atoms with Gasteiger partial charge in [0, 0.05) is 22.3 Å². The van der Waals surface area contributed by atoms with Crippen molar-refractivity contribution in [2.45, 2.75) is 40.3 Å². The molecule has 0 fully saturated rings. The van der Waals surface area contributed by atoms with Crippen LogP contribution in [-0.2, 0) is 13.1 Å². The highest BCUT2D eigenvalue weighted by molar-refractivity contribution is 9.10. The molecule has 0 unspecified atom stereocenters. The average Bonchev–Trinajstić information content (AvgIpc) is 2.69. The molecule has 1 aromatic heterocycles. The van der Waals surface area contributed by atoms with E-state index in [0.29, 0.717) is 0 Å². The van der Waals surface area contributed by atoms with Gasteiger partial charge >= 0.3 is 0 Å². The third-order valence-corrected chi connectivity index (χ3v) is 4.03. The lowest BCUT2D eigenvalue weighted by atomic mass is 10.2. The number of nitrogens with zero attached hydrogens (tertiary/aromatic N) is 2. The Morgan fingerprint density at radius 3 is 2.55 bits per heavy atom. The Hall–Kier alpha value is -1.13. The van der Waals surface area contributed by atoms with Crippen molar-refractivity contribution in [2.24, 2.45) is 0 Å². The maximum Gasteiger partial charge on any atom is 0.0662 e. The van der Waals surface area contributed by atoms with Crippen LogP contribution in [0.25, 0.3) is 0 Å². The summed E-state index contributed by atoms with van der Waals surface area (Å²) in [6, 6.07) is 8.42. The van der Waals surface area contributed by atoms with Gasteiger partial charge in [-0.05, 0) is 44.5 Å². The van der Waals surface area contributed by atoms with Gasteiger partial charge in [-0.25, -0.2) is 0 Å². The second-order valence-corrected chi connectivity index (χ2v) is 6.03. The predicted molar refractivity (Wildman–Crippen MR) is 86.9 cm³/mol. The minimum Gasteiger partial charge on any atom is -0.313 e. The highest BCUT2D eigenvalue weighted by Gasteiger charge is 2.11. The van der Waals surface area contributed by atoms with Crippen LogP contribution in [0.2, 0.25) is 0 Å². The molecule has 0 aliphatic rings. The molecule has 0 bridgehead atoms. The Labute approximate surface area is 129 Å². The number of benzene rings is 1. The lowest BCUT2D eigenvalue weighted by molar-refractivity contribution is 0.650. The van der Waals surface area contributed by atoms with Crippen LogP contribution in [0.15, 0.2) is 28.7 Å². The molecule has 0 saturated heterocycles. The lowest BCUT2D eigenvalue weighted by Crippen LogP contribution is -2.15. The van der Waals surface area contributed by atoms with Crippen LogP contribution in [0.1, 0.15) is 35.9 Å². The predicted octanol–water partition coefficient (Wildman–Crippen LogP) is 3.81. The molecule has 4 heteroatoms. The Balaban J connectivity index is 2.12. The van der Waals surface area contributed by atoms with Crippen molar-refractivity contribution in [1.29, 1.82) is 0 Å². The SMILES string of the molecule is CCCNCc1c(C)nn(Cc2ccc(Br)cc2)c1C. The van der Waals surface area contributed by atoms with E-state index in [4.69, 9.17) is 0 Å². The van der Waals surface area contributed by atoms with Gasteiger partial charge in [-0.3, -0.25) is 4.68 Å². The van der Waals surface area contributed by atoms with E-state index in [1.807, 2.05) is 0 Å². The van der Waals surface area contributed by atoms with E-state index >= 15 is 0 Å². The molecule has 2 rings (SSSR count). The average molecular weight is 336 g/mol.